The van der Waals surface area contributed by atoms with Crippen molar-refractivity contribution in [3.8, 4) is 0 Å². The van der Waals surface area contributed by atoms with Gasteiger partial charge in [-0.15, -0.1) is 0 Å². The minimum Gasteiger partial charge on any atom is -0.383 e. The van der Waals surface area contributed by atoms with Gasteiger partial charge >= 0.3 is 0 Å². The zero-order valence-electron chi connectivity index (χ0n) is 13.6. The second-order valence-corrected chi connectivity index (χ2v) is 6.16. The fourth-order valence-electron chi connectivity index (χ4n) is 3.00. The smallest absolute Gasteiger partial charge is 0.270 e. The van der Waals surface area contributed by atoms with E-state index in [0.717, 1.165) is 18.5 Å². The van der Waals surface area contributed by atoms with E-state index in [1.165, 1.54) is 18.9 Å². The fraction of sp³-hybridized carbons (Fsp3) is 0.368. The SMILES string of the molecule is O=C(NC1CCCC1)c1ccc(NCCc2ccccc2F)cn1. The van der Waals surface area contributed by atoms with Crippen molar-refractivity contribution in [1.29, 1.82) is 0 Å². The Bertz CT molecular complexity index is 681. The average molecular weight is 327 g/mol. The van der Waals surface area contributed by atoms with Crippen molar-refractivity contribution in [2.75, 3.05) is 11.9 Å². The van der Waals surface area contributed by atoms with Crippen molar-refractivity contribution >= 4 is 11.6 Å². The van der Waals surface area contributed by atoms with Crippen molar-refractivity contribution < 1.29 is 9.18 Å². The maximum absolute atomic E-state index is 13.5. The number of anilines is 1. The van der Waals surface area contributed by atoms with Crippen LogP contribution in [0.1, 0.15) is 41.7 Å². The highest BCUT2D eigenvalue weighted by molar-refractivity contribution is 5.92. The van der Waals surface area contributed by atoms with E-state index in [-0.39, 0.29) is 17.8 Å². The summed E-state index contributed by atoms with van der Waals surface area (Å²) in [4.78, 5) is 16.3. The zero-order chi connectivity index (χ0) is 16.8. The molecule has 1 heterocycles. The van der Waals surface area contributed by atoms with Gasteiger partial charge in [0.25, 0.3) is 5.91 Å². The van der Waals surface area contributed by atoms with Gasteiger partial charge in [-0.05, 0) is 43.0 Å². The molecule has 1 fully saturated rings. The first-order valence-electron chi connectivity index (χ1n) is 8.46. The average Bonchev–Trinajstić information content (AvgIpc) is 3.10. The third-order valence-electron chi connectivity index (χ3n) is 4.37. The minimum atomic E-state index is -0.184. The van der Waals surface area contributed by atoms with Crippen molar-refractivity contribution in [1.82, 2.24) is 10.3 Å². The summed E-state index contributed by atoms with van der Waals surface area (Å²) in [5, 5.41) is 6.22. The molecule has 3 rings (SSSR count). The number of hydrogen-bond donors (Lipinski definition) is 2. The number of hydrogen-bond acceptors (Lipinski definition) is 3. The number of carbonyl (C=O) groups is 1. The lowest BCUT2D eigenvalue weighted by atomic mass is 10.1. The minimum absolute atomic E-state index is 0.111. The molecule has 2 N–H and O–H groups in total. The number of amides is 1. The van der Waals surface area contributed by atoms with Crippen LogP contribution in [0.3, 0.4) is 0 Å². The molecule has 0 atom stereocenters. The van der Waals surface area contributed by atoms with Crippen LogP contribution >= 0.6 is 0 Å². The van der Waals surface area contributed by atoms with E-state index < -0.39 is 0 Å². The van der Waals surface area contributed by atoms with Crippen LogP contribution in [0, 0.1) is 5.82 Å². The lowest BCUT2D eigenvalue weighted by Crippen LogP contribution is -2.33. The molecule has 2 aromatic rings. The summed E-state index contributed by atoms with van der Waals surface area (Å²) in [6.07, 6.45) is 6.72. The maximum Gasteiger partial charge on any atom is 0.270 e. The van der Waals surface area contributed by atoms with Crippen LogP contribution in [0.5, 0.6) is 0 Å². The summed E-state index contributed by atoms with van der Waals surface area (Å²) < 4.78 is 13.5. The molecule has 1 aliphatic carbocycles. The molecule has 4 nitrogen and oxygen atoms in total. The summed E-state index contributed by atoms with van der Waals surface area (Å²) in [7, 11) is 0. The van der Waals surface area contributed by atoms with Gasteiger partial charge in [0.1, 0.15) is 11.5 Å². The molecular formula is C19H22FN3O. The van der Waals surface area contributed by atoms with Crippen LogP contribution in [-0.2, 0) is 6.42 Å². The summed E-state index contributed by atoms with van der Waals surface area (Å²) in [6.45, 7) is 0.607. The normalized spacial score (nSPS) is 14.5. The Kier molecular flexibility index (Phi) is 5.41. The Morgan fingerprint density at radius 1 is 1.17 bits per heavy atom. The first kappa shape index (κ1) is 16.4. The number of aromatic nitrogens is 1. The zero-order valence-corrected chi connectivity index (χ0v) is 13.6. The first-order valence-corrected chi connectivity index (χ1v) is 8.46. The molecule has 1 saturated carbocycles. The summed E-state index contributed by atoms with van der Waals surface area (Å²) in [5.74, 6) is -0.295. The monoisotopic (exact) mass is 327 g/mol. The Morgan fingerprint density at radius 3 is 2.67 bits per heavy atom. The molecule has 1 aromatic carbocycles. The van der Waals surface area contributed by atoms with Crippen LogP contribution < -0.4 is 10.6 Å². The number of pyridine rings is 1. The van der Waals surface area contributed by atoms with E-state index in [4.69, 9.17) is 0 Å². The Labute approximate surface area is 141 Å². The molecule has 1 aliphatic rings. The number of benzene rings is 1. The largest absolute Gasteiger partial charge is 0.383 e. The van der Waals surface area contributed by atoms with Crippen molar-refractivity contribution in [2.45, 2.75) is 38.1 Å². The van der Waals surface area contributed by atoms with Crippen LogP contribution in [0.4, 0.5) is 10.1 Å². The van der Waals surface area contributed by atoms with E-state index in [1.807, 2.05) is 12.1 Å². The number of rotatable bonds is 6. The van der Waals surface area contributed by atoms with Gasteiger partial charge in [0, 0.05) is 12.6 Å². The Hall–Kier alpha value is -2.43. The lowest BCUT2D eigenvalue weighted by Gasteiger charge is -2.12. The first-order chi connectivity index (χ1) is 11.7. The standard InChI is InChI=1S/C19H22FN3O/c20-17-8-4-1-5-14(17)11-12-21-16-9-10-18(22-13-16)19(24)23-15-6-2-3-7-15/h1,4-5,8-10,13,15,21H,2-3,6-7,11-12H2,(H,23,24). The molecule has 1 amide bonds. The van der Waals surface area contributed by atoms with Gasteiger partial charge in [0.05, 0.1) is 11.9 Å². The molecule has 1 aromatic heterocycles. The van der Waals surface area contributed by atoms with Crippen LogP contribution in [0.25, 0.3) is 0 Å². The van der Waals surface area contributed by atoms with E-state index in [9.17, 15) is 9.18 Å². The van der Waals surface area contributed by atoms with E-state index in [1.54, 1.807) is 24.4 Å². The fourth-order valence-corrected chi connectivity index (χ4v) is 3.00. The summed E-state index contributed by atoms with van der Waals surface area (Å²) >= 11 is 0. The summed E-state index contributed by atoms with van der Waals surface area (Å²) in [6, 6.07) is 10.6. The third-order valence-corrected chi connectivity index (χ3v) is 4.37. The molecule has 24 heavy (non-hydrogen) atoms. The highest BCUT2D eigenvalue weighted by Crippen LogP contribution is 2.18. The van der Waals surface area contributed by atoms with Crippen LogP contribution in [0.2, 0.25) is 0 Å². The number of carbonyl (C=O) groups excluding carboxylic acids is 1. The van der Waals surface area contributed by atoms with Gasteiger partial charge < -0.3 is 10.6 Å². The number of nitrogens with zero attached hydrogens (tertiary/aromatic N) is 1. The van der Waals surface area contributed by atoms with Crippen LogP contribution in [0.15, 0.2) is 42.6 Å². The van der Waals surface area contributed by atoms with E-state index in [0.29, 0.717) is 24.2 Å². The third kappa shape index (κ3) is 4.31. The molecule has 5 heteroatoms. The highest BCUT2D eigenvalue weighted by atomic mass is 19.1. The second-order valence-electron chi connectivity index (χ2n) is 6.16. The predicted molar refractivity (Wildman–Crippen MR) is 92.6 cm³/mol. The molecule has 126 valence electrons. The van der Waals surface area contributed by atoms with Crippen molar-refractivity contribution in [3.05, 3.63) is 59.7 Å². The second kappa shape index (κ2) is 7.90. The topological polar surface area (TPSA) is 54.0 Å². The van der Waals surface area contributed by atoms with Gasteiger partial charge in [-0.3, -0.25) is 4.79 Å². The van der Waals surface area contributed by atoms with Gasteiger partial charge in [-0.25, -0.2) is 9.37 Å². The van der Waals surface area contributed by atoms with Gasteiger partial charge in [-0.2, -0.15) is 0 Å². The Balaban J connectivity index is 1.49. The molecule has 0 radical (unpaired) electrons. The highest BCUT2D eigenvalue weighted by Gasteiger charge is 2.18. The van der Waals surface area contributed by atoms with Gasteiger partial charge in [0.15, 0.2) is 0 Å². The molecular weight excluding hydrogens is 305 g/mol. The quantitative estimate of drug-likeness (QED) is 0.853. The van der Waals surface area contributed by atoms with E-state index in [2.05, 4.69) is 15.6 Å². The molecule has 0 bridgehead atoms. The van der Waals surface area contributed by atoms with Gasteiger partial charge in [0.2, 0.25) is 0 Å². The van der Waals surface area contributed by atoms with E-state index >= 15 is 0 Å². The summed E-state index contributed by atoms with van der Waals surface area (Å²) in [5.41, 5.74) is 1.94. The van der Waals surface area contributed by atoms with Crippen molar-refractivity contribution in [3.63, 3.8) is 0 Å². The lowest BCUT2D eigenvalue weighted by molar-refractivity contribution is 0.0933. The molecule has 0 unspecified atom stereocenters. The molecule has 0 spiro atoms. The Morgan fingerprint density at radius 2 is 1.96 bits per heavy atom. The van der Waals surface area contributed by atoms with Crippen LogP contribution in [-0.4, -0.2) is 23.5 Å². The predicted octanol–water partition coefficient (Wildman–Crippen LogP) is 3.55. The molecule has 0 aliphatic heterocycles. The number of halogens is 1. The maximum atomic E-state index is 13.5. The van der Waals surface area contributed by atoms with Crippen molar-refractivity contribution in [2.24, 2.45) is 0 Å². The van der Waals surface area contributed by atoms with Gasteiger partial charge in [-0.1, -0.05) is 31.0 Å². The number of nitrogens with one attached hydrogen (secondary N) is 2. The molecule has 0 saturated heterocycles.